The fourth-order valence-corrected chi connectivity index (χ4v) is 3.42. The molecule has 0 saturated heterocycles. The summed E-state index contributed by atoms with van der Waals surface area (Å²) in [7, 11) is 0. The number of hydrogen-bond donors (Lipinski definition) is 0. The van der Waals surface area contributed by atoms with E-state index >= 15 is 0 Å². The minimum atomic E-state index is 0.433. The normalized spacial score (nSPS) is 13.1. The highest BCUT2D eigenvalue weighted by Crippen LogP contribution is 2.28. The van der Waals surface area contributed by atoms with Gasteiger partial charge in [0, 0.05) is 12.9 Å². The fourth-order valence-electron chi connectivity index (χ4n) is 0.824. The molecule has 1 rings (SSSR count). The van der Waals surface area contributed by atoms with Crippen molar-refractivity contribution < 1.29 is 0 Å². The first-order chi connectivity index (χ1) is 5.11. The Labute approximate surface area is 97.2 Å². The van der Waals surface area contributed by atoms with Crippen LogP contribution in [0.4, 0.5) is 0 Å². The van der Waals surface area contributed by atoms with E-state index in [9.17, 15) is 0 Å². The molecule has 1 unspecified atom stereocenters. The summed E-state index contributed by atoms with van der Waals surface area (Å²) in [4.78, 5) is 0.433. The number of halogens is 3. The van der Waals surface area contributed by atoms with Gasteiger partial charge in [-0.25, -0.2) is 0 Å². The first kappa shape index (κ1) is 9.99. The second kappa shape index (κ2) is 4.23. The van der Waals surface area contributed by atoms with Crippen LogP contribution in [-0.2, 0) is 0 Å². The van der Waals surface area contributed by atoms with Crippen molar-refractivity contribution in [1.82, 2.24) is 0 Å². The van der Waals surface area contributed by atoms with Gasteiger partial charge in [0.1, 0.15) is 0 Å². The van der Waals surface area contributed by atoms with E-state index in [4.69, 9.17) is 0 Å². The molecule has 0 saturated carbocycles. The van der Waals surface area contributed by atoms with Gasteiger partial charge >= 0.3 is 0 Å². The minimum Gasteiger partial charge on any atom is -0.0841 e. The van der Waals surface area contributed by atoms with Crippen LogP contribution in [0.5, 0.6) is 0 Å². The van der Waals surface area contributed by atoms with Gasteiger partial charge in [-0.15, -0.1) is 0 Å². The second-order valence-corrected chi connectivity index (χ2v) is 5.73. The van der Waals surface area contributed by atoms with Crippen molar-refractivity contribution in [2.45, 2.75) is 11.8 Å². The lowest BCUT2D eigenvalue weighted by Crippen LogP contribution is -1.87. The van der Waals surface area contributed by atoms with Crippen molar-refractivity contribution >= 4 is 54.5 Å². The maximum atomic E-state index is 3.54. The average Bonchev–Trinajstić information content (AvgIpc) is 1.85. The molecule has 11 heavy (non-hydrogen) atoms. The van der Waals surface area contributed by atoms with Gasteiger partial charge in [-0.1, -0.05) is 37.9 Å². The summed E-state index contributed by atoms with van der Waals surface area (Å²) in [6, 6.07) is 6.31. The Balaban J connectivity index is 3.09. The lowest BCUT2D eigenvalue weighted by atomic mass is 10.2. The van der Waals surface area contributed by atoms with E-state index in [1.165, 1.54) is 9.13 Å². The van der Waals surface area contributed by atoms with Crippen molar-refractivity contribution in [2.24, 2.45) is 0 Å². The Kier molecular flexibility index (Phi) is 3.85. The Morgan fingerprint density at radius 2 is 2.09 bits per heavy atom. The summed E-state index contributed by atoms with van der Waals surface area (Å²) in [5, 5.41) is 0. The molecule has 0 bridgehead atoms. The molecule has 60 valence electrons. The Morgan fingerprint density at radius 1 is 1.45 bits per heavy atom. The van der Waals surface area contributed by atoms with E-state index in [-0.39, 0.29) is 0 Å². The maximum absolute atomic E-state index is 3.54. The van der Waals surface area contributed by atoms with E-state index < -0.39 is 0 Å². The molecule has 0 radical (unpaired) electrons. The van der Waals surface area contributed by atoms with Crippen LogP contribution in [0, 0.1) is 3.57 Å². The van der Waals surface area contributed by atoms with E-state index in [1.54, 1.807) is 0 Å². The largest absolute Gasteiger partial charge is 0.0841 e. The van der Waals surface area contributed by atoms with Crippen LogP contribution in [0.2, 0.25) is 0 Å². The number of benzene rings is 1. The smallest absolute Gasteiger partial charge is 0.0377 e. The molecule has 1 aromatic rings. The molecule has 0 aliphatic rings. The summed E-state index contributed by atoms with van der Waals surface area (Å²) < 4.78 is 2.43. The van der Waals surface area contributed by atoms with Gasteiger partial charge in [0.2, 0.25) is 0 Å². The van der Waals surface area contributed by atoms with Gasteiger partial charge in [-0.05, 0) is 47.2 Å². The van der Waals surface area contributed by atoms with Gasteiger partial charge in [-0.2, -0.15) is 0 Å². The number of alkyl halides is 1. The molecule has 1 atom stereocenters. The number of rotatable bonds is 1. The Bertz CT molecular complexity index is 258. The standard InChI is InChI=1S/C8H7Br2I/c1-5(9)7-3-2-6(10)4-8(7)11/h2-5H,1H3. The van der Waals surface area contributed by atoms with Crippen LogP contribution >= 0.6 is 54.5 Å². The highest BCUT2D eigenvalue weighted by Gasteiger charge is 2.04. The molecule has 0 N–H and O–H groups in total. The zero-order valence-corrected chi connectivity index (χ0v) is 11.3. The molecule has 0 fully saturated rings. The average molecular weight is 390 g/mol. The molecule has 1 aromatic carbocycles. The maximum Gasteiger partial charge on any atom is 0.0377 e. The van der Waals surface area contributed by atoms with E-state index in [0.717, 1.165) is 4.47 Å². The molecular formula is C8H7Br2I. The topological polar surface area (TPSA) is 0 Å². The first-order valence-electron chi connectivity index (χ1n) is 3.20. The predicted octanol–water partition coefficient (Wildman–Crippen LogP) is 4.51. The van der Waals surface area contributed by atoms with Crippen LogP contribution in [0.25, 0.3) is 0 Å². The summed E-state index contributed by atoms with van der Waals surface area (Å²) in [6.07, 6.45) is 0. The third-order valence-corrected chi connectivity index (χ3v) is 3.31. The molecule has 0 nitrogen and oxygen atoms in total. The van der Waals surface area contributed by atoms with E-state index in [2.05, 4.69) is 79.6 Å². The lowest BCUT2D eigenvalue weighted by Gasteiger charge is -2.06. The van der Waals surface area contributed by atoms with Crippen molar-refractivity contribution in [3.63, 3.8) is 0 Å². The SMILES string of the molecule is CC(Br)c1ccc(Br)cc1I. The van der Waals surface area contributed by atoms with Gasteiger partial charge in [0.25, 0.3) is 0 Å². The molecule has 0 aliphatic carbocycles. The van der Waals surface area contributed by atoms with Crippen LogP contribution in [0.15, 0.2) is 22.7 Å². The van der Waals surface area contributed by atoms with Gasteiger partial charge in [0.15, 0.2) is 0 Å². The van der Waals surface area contributed by atoms with Crippen LogP contribution in [0.3, 0.4) is 0 Å². The van der Waals surface area contributed by atoms with Gasteiger partial charge in [-0.3, -0.25) is 0 Å². The first-order valence-corrected chi connectivity index (χ1v) is 5.99. The molecule has 3 heteroatoms. The molecule has 0 aliphatic heterocycles. The third-order valence-electron chi connectivity index (χ3n) is 1.39. The Hall–Kier alpha value is 0.910. The zero-order chi connectivity index (χ0) is 8.43. The summed E-state index contributed by atoms with van der Waals surface area (Å²) in [5.41, 5.74) is 1.34. The van der Waals surface area contributed by atoms with Crippen molar-refractivity contribution in [3.05, 3.63) is 31.8 Å². The van der Waals surface area contributed by atoms with Crippen LogP contribution < -0.4 is 0 Å². The van der Waals surface area contributed by atoms with Crippen molar-refractivity contribution in [3.8, 4) is 0 Å². The summed E-state index contributed by atoms with van der Waals surface area (Å²) in [5.74, 6) is 0. The number of hydrogen-bond acceptors (Lipinski definition) is 0. The highest BCUT2D eigenvalue weighted by atomic mass is 127. The van der Waals surface area contributed by atoms with Gasteiger partial charge < -0.3 is 0 Å². The molecule has 0 amide bonds. The highest BCUT2D eigenvalue weighted by molar-refractivity contribution is 14.1. The fraction of sp³-hybridized carbons (Fsp3) is 0.250. The lowest BCUT2D eigenvalue weighted by molar-refractivity contribution is 1.11. The van der Waals surface area contributed by atoms with E-state index in [1.807, 2.05) is 0 Å². The zero-order valence-electron chi connectivity index (χ0n) is 5.94. The summed E-state index contributed by atoms with van der Waals surface area (Å²) >= 11 is 9.30. The van der Waals surface area contributed by atoms with Crippen LogP contribution in [0.1, 0.15) is 17.3 Å². The molecular weight excluding hydrogens is 383 g/mol. The predicted molar refractivity (Wildman–Crippen MR) is 64.2 cm³/mol. The minimum absolute atomic E-state index is 0.433. The Morgan fingerprint density at radius 3 is 2.55 bits per heavy atom. The molecule has 0 heterocycles. The monoisotopic (exact) mass is 388 g/mol. The molecule has 0 aromatic heterocycles. The van der Waals surface area contributed by atoms with Crippen molar-refractivity contribution in [1.29, 1.82) is 0 Å². The van der Waals surface area contributed by atoms with Gasteiger partial charge in [0.05, 0.1) is 0 Å². The summed E-state index contributed by atoms with van der Waals surface area (Å²) in [6.45, 7) is 2.13. The quantitative estimate of drug-likeness (QED) is 0.489. The van der Waals surface area contributed by atoms with E-state index in [0.29, 0.717) is 4.83 Å². The second-order valence-electron chi connectivity index (χ2n) is 2.28. The molecule has 0 spiro atoms. The van der Waals surface area contributed by atoms with Crippen LogP contribution in [-0.4, -0.2) is 0 Å². The third kappa shape index (κ3) is 2.70. The van der Waals surface area contributed by atoms with Crippen molar-refractivity contribution in [2.75, 3.05) is 0 Å².